The van der Waals surface area contributed by atoms with Crippen LogP contribution in [-0.4, -0.2) is 20.2 Å². The van der Waals surface area contributed by atoms with E-state index >= 15 is 0 Å². The van der Waals surface area contributed by atoms with E-state index < -0.39 is 0 Å². The number of anilines is 1. The van der Waals surface area contributed by atoms with Crippen molar-refractivity contribution in [2.75, 3.05) is 5.32 Å². The van der Waals surface area contributed by atoms with Crippen LogP contribution in [0, 0.1) is 0 Å². The van der Waals surface area contributed by atoms with E-state index in [0.29, 0.717) is 12.4 Å². The first-order valence-electron chi connectivity index (χ1n) is 4.22. The Balaban J connectivity index is 2.12. The molecule has 0 bridgehead atoms. The molecule has 2 aromatic rings. The Morgan fingerprint density at radius 3 is 3.13 bits per heavy atom. The van der Waals surface area contributed by atoms with Crippen molar-refractivity contribution in [2.24, 2.45) is 0 Å². The lowest BCUT2D eigenvalue weighted by Crippen LogP contribution is -2.11. The van der Waals surface area contributed by atoms with E-state index in [9.17, 15) is 4.79 Å². The number of nitrogens with zero attached hydrogens (tertiary/aromatic N) is 2. The molecule has 2 heterocycles. The second kappa shape index (κ2) is 4.14. The van der Waals surface area contributed by atoms with Crippen molar-refractivity contribution < 1.29 is 0 Å². The Morgan fingerprint density at radius 2 is 2.40 bits per heavy atom. The Morgan fingerprint density at radius 1 is 1.53 bits per heavy atom. The van der Waals surface area contributed by atoms with Crippen molar-refractivity contribution in [1.82, 2.24) is 20.2 Å². The number of aromatic amines is 2. The third-order valence-electron chi connectivity index (χ3n) is 1.81. The van der Waals surface area contributed by atoms with Crippen LogP contribution in [0.4, 0.5) is 5.82 Å². The van der Waals surface area contributed by atoms with Crippen LogP contribution in [-0.2, 0) is 6.54 Å². The molecule has 0 aromatic carbocycles. The van der Waals surface area contributed by atoms with E-state index in [2.05, 4.69) is 25.5 Å². The highest BCUT2D eigenvalue weighted by atomic mass is 35.5. The van der Waals surface area contributed by atoms with E-state index in [4.69, 9.17) is 11.6 Å². The molecule has 15 heavy (non-hydrogen) atoms. The second-order valence-electron chi connectivity index (χ2n) is 2.85. The van der Waals surface area contributed by atoms with Crippen molar-refractivity contribution in [3.63, 3.8) is 0 Å². The van der Waals surface area contributed by atoms with Gasteiger partial charge in [0, 0.05) is 18.3 Å². The molecular weight excluding hydrogens is 218 g/mol. The van der Waals surface area contributed by atoms with Crippen molar-refractivity contribution in [2.45, 2.75) is 6.54 Å². The zero-order chi connectivity index (χ0) is 10.7. The number of nitrogens with one attached hydrogen (secondary N) is 3. The monoisotopic (exact) mass is 225 g/mol. The van der Waals surface area contributed by atoms with Gasteiger partial charge in [-0.2, -0.15) is 5.10 Å². The molecular formula is C8H8ClN5O. The molecule has 0 aliphatic carbocycles. The van der Waals surface area contributed by atoms with Crippen LogP contribution in [0.3, 0.4) is 0 Å². The van der Waals surface area contributed by atoms with Crippen LogP contribution in [0.1, 0.15) is 5.56 Å². The van der Waals surface area contributed by atoms with Gasteiger partial charge in [0.15, 0.2) is 5.82 Å². The largest absolute Gasteiger partial charge is 0.364 e. The van der Waals surface area contributed by atoms with Gasteiger partial charge in [0.05, 0.1) is 12.5 Å². The van der Waals surface area contributed by atoms with Gasteiger partial charge in [0.2, 0.25) is 0 Å². The first-order chi connectivity index (χ1) is 7.27. The molecule has 0 aliphatic heterocycles. The lowest BCUT2D eigenvalue weighted by Gasteiger charge is -2.03. The topological polar surface area (TPSA) is 86.5 Å². The molecule has 3 N–H and O–H groups in total. The SMILES string of the molecule is O=c1[nH]cnc(NCc2cn[nH]c2)c1Cl. The molecule has 0 atom stereocenters. The Hall–Kier alpha value is -1.82. The fourth-order valence-electron chi connectivity index (χ4n) is 1.07. The molecule has 0 fully saturated rings. The van der Waals surface area contributed by atoms with E-state index in [1.165, 1.54) is 6.33 Å². The lowest BCUT2D eigenvalue weighted by molar-refractivity contribution is 1.06. The minimum Gasteiger partial charge on any atom is -0.364 e. The fourth-order valence-corrected chi connectivity index (χ4v) is 1.24. The third kappa shape index (κ3) is 2.16. The summed E-state index contributed by atoms with van der Waals surface area (Å²) in [6.45, 7) is 0.507. The summed E-state index contributed by atoms with van der Waals surface area (Å²) in [4.78, 5) is 17.4. The van der Waals surface area contributed by atoms with Crippen molar-refractivity contribution in [3.8, 4) is 0 Å². The van der Waals surface area contributed by atoms with E-state index in [-0.39, 0.29) is 10.6 Å². The molecule has 0 spiro atoms. The predicted molar refractivity (Wildman–Crippen MR) is 55.8 cm³/mol. The molecule has 0 saturated carbocycles. The Kier molecular flexibility index (Phi) is 2.68. The number of hydrogen-bond donors (Lipinski definition) is 3. The molecule has 6 nitrogen and oxygen atoms in total. The molecule has 0 saturated heterocycles. The highest BCUT2D eigenvalue weighted by molar-refractivity contribution is 6.32. The highest BCUT2D eigenvalue weighted by Crippen LogP contribution is 2.12. The zero-order valence-corrected chi connectivity index (χ0v) is 8.38. The van der Waals surface area contributed by atoms with Crippen LogP contribution in [0.15, 0.2) is 23.5 Å². The second-order valence-corrected chi connectivity index (χ2v) is 3.23. The van der Waals surface area contributed by atoms with Gasteiger partial charge in [-0.1, -0.05) is 11.6 Å². The molecule has 2 rings (SSSR count). The minimum absolute atomic E-state index is 0.0565. The van der Waals surface area contributed by atoms with Gasteiger partial charge < -0.3 is 10.3 Å². The van der Waals surface area contributed by atoms with Gasteiger partial charge >= 0.3 is 0 Å². The fraction of sp³-hybridized carbons (Fsp3) is 0.125. The summed E-state index contributed by atoms with van der Waals surface area (Å²) in [5, 5.41) is 9.46. The van der Waals surface area contributed by atoms with E-state index in [1.807, 2.05) is 0 Å². The number of halogens is 1. The average molecular weight is 226 g/mol. The normalized spacial score (nSPS) is 10.2. The summed E-state index contributed by atoms with van der Waals surface area (Å²) < 4.78 is 0. The van der Waals surface area contributed by atoms with Crippen LogP contribution in [0.5, 0.6) is 0 Å². The van der Waals surface area contributed by atoms with Crippen LogP contribution in [0.2, 0.25) is 5.02 Å². The Bertz CT molecular complexity index is 492. The van der Waals surface area contributed by atoms with Gasteiger partial charge in [-0.15, -0.1) is 0 Å². The highest BCUT2D eigenvalue weighted by Gasteiger charge is 2.04. The zero-order valence-electron chi connectivity index (χ0n) is 7.62. The van der Waals surface area contributed by atoms with Crippen molar-refractivity contribution in [3.05, 3.63) is 39.7 Å². The standard InChI is InChI=1S/C8H8ClN5O/c9-6-7(11-4-12-8(6)15)10-1-5-2-13-14-3-5/h2-4H,1H2,(H,13,14)(H2,10,11,12,15). The molecule has 2 aromatic heterocycles. The maximum atomic E-state index is 11.1. The van der Waals surface area contributed by atoms with Gasteiger partial charge in [-0.3, -0.25) is 9.89 Å². The summed E-state index contributed by atoms with van der Waals surface area (Å²) in [5.41, 5.74) is 0.592. The summed E-state index contributed by atoms with van der Waals surface area (Å²) in [7, 11) is 0. The van der Waals surface area contributed by atoms with Crippen LogP contribution < -0.4 is 10.9 Å². The molecule has 0 aliphatic rings. The van der Waals surface area contributed by atoms with Crippen molar-refractivity contribution >= 4 is 17.4 Å². The summed E-state index contributed by atoms with van der Waals surface area (Å²) in [5.74, 6) is 0.363. The predicted octanol–water partition coefficient (Wildman–Crippen LogP) is 0.758. The van der Waals surface area contributed by atoms with Gasteiger partial charge in [0.1, 0.15) is 5.02 Å². The minimum atomic E-state index is -0.360. The van der Waals surface area contributed by atoms with Crippen LogP contribution >= 0.6 is 11.6 Å². The first-order valence-corrected chi connectivity index (χ1v) is 4.60. The molecule has 0 radical (unpaired) electrons. The number of rotatable bonds is 3. The molecule has 7 heteroatoms. The van der Waals surface area contributed by atoms with Gasteiger partial charge in [-0.25, -0.2) is 4.98 Å². The molecule has 0 unspecified atom stereocenters. The van der Waals surface area contributed by atoms with Gasteiger partial charge in [0.25, 0.3) is 5.56 Å². The lowest BCUT2D eigenvalue weighted by atomic mass is 10.3. The quantitative estimate of drug-likeness (QED) is 0.720. The maximum absolute atomic E-state index is 11.1. The van der Waals surface area contributed by atoms with Crippen LogP contribution in [0.25, 0.3) is 0 Å². The maximum Gasteiger partial charge on any atom is 0.271 e. The molecule has 78 valence electrons. The van der Waals surface area contributed by atoms with E-state index in [0.717, 1.165) is 5.56 Å². The van der Waals surface area contributed by atoms with Gasteiger partial charge in [-0.05, 0) is 0 Å². The van der Waals surface area contributed by atoms with Crippen molar-refractivity contribution in [1.29, 1.82) is 0 Å². The smallest absolute Gasteiger partial charge is 0.271 e. The van der Waals surface area contributed by atoms with E-state index in [1.54, 1.807) is 12.4 Å². The number of aromatic nitrogens is 4. The number of H-pyrrole nitrogens is 2. The number of hydrogen-bond acceptors (Lipinski definition) is 4. The summed E-state index contributed by atoms with van der Waals surface area (Å²) >= 11 is 5.74. The summed E-state index contributed by atoms with van der Waals surface area (Å²) in [6.07, 6.45) is 4.72. The Labute approximate surface area is 89.7 Å². The first kappa shape index (κ1) is 9.72. The summed E-state index contributed by atoms with van der Waals surface area (Å²) in [6, 6.07) is 0. The molecule has 0 amide bonds. The third-order valence-corrected chi connectivity index (χ3v) is 2.16. The average Bonchev–Trinajstić information content (AvgIpc) is 2.73.